The van der Waals surface area contributed by atoms with E-state index >= 15 is 0 Å². The zero-order valence-electron chi connectivity index (χ0n) is 11.8. The molecule has 110 valence electrons. The van der Waals surface area contributed by atoms with E-state index in [1.54, 1.807) is 13.0 Å². The Morgan fingerprint density at radius 1 is 1.45 bits per heavy atom. The third kappa shape index (κ3) is 3.57. The number of ether oxygens (including phenoxy) is 1. The van der Waals surface area contributed by atoms with Crippen LogP contribution in [0.15, 0.2) is 24.3 Å². The summed E-state index contributed by atoms with van der Waals surface area (Å²) in [4.78, 5) is 11.7. The zero-order chi connectivity index (χ0) is 14.5. The number of hydrogen-bond acceptors (Lipinski definition) is 3. The maximum atomic E-state index is 13.4. The molecule has 1 aliphatic rings. The quantitative estimate of drug-likeness (QED) is 0.862. The molecule has 3 nitrogen and oxygen atoms in total. The maximum absolute atomic E-state index is 13.4. The van der Waals surface area contributed by atoms with Crippen molar-refractivity contribution in [1.82, 2.24) is 0 Å². The second-order valence-electron chi connectivity index (χ2n) is 5.44. The van der Waals surface area contributed by atoms with Crippen LogP contribution in [-0.2, 0) is 9.53 Å². The minimum Gasteiger partial charge on any atom is -0.466 e. The molecule has 0 saturated heterocycles. The zero-order valence-corrected chi connectivity index (χ0v) is 11.8. The largest absolute Gasteiger partial charge is 0.466 e. The monoisotopic (exact) mass is 279 g/mol. The Morgan fingerprint density at radius 2 is 2.25 bits per heavy atom. The lowest BCUT2D eigenvalue weighted by molar-refractivity contribution is -0.144. The van der Waals surface area contributed by atoms with Crippen LogP contribution < -0.4 is 5.73 Å². The number of carbonyl (C=O) groups is 1. The summed E-state index contributed by atoms with van der Waals surface area (Å²) in [6, 6.07) is 6.54. The molecule has 0 heterocycles. The van der Waals surface area contributed by atoms with Crippen molar-refractivity contribution in [2.75, 3.05) is 6.61 Å². The van der Waals surface area contributed by atoms with Gasteiger partial charge in [0.15, 0.2) is 0 Å². The Morgan fingerprint density at radius 3 is 2.95 bits per heavy atom. The Labute approximate surface area is 119 Å². The fraction of sp³-hybridized carbons (Fsp3) is 0.562. The van der Waals surface area contributed by atoms with Gasteiger partial charge >= 0.3 is 5.97 Å². The summed E-state index contributed by atoms with van der Waals surface area (Å²) in [5.74, 6) is -0.272. The van der Waals surface area contributed by atoms with Gasteiger partial charge in [-0.3, -0.25) is 4.79 Å². The first-order chi connectivity index (χ1) is 9.61. The lowest BCUT2D eigenvalue weighted by atomic mass is 9.71. The standard InChI is InChI=1S/C16H22FNO2/c1-2-20-15(19)10-12-6-4-8-14(18)16(12)11-5-3-7-13(17)9-11/h3,5,7,9,12,14,16H,2,4,6,8,10,18H2,1H3. The van der Waals surface area contributed by atoms with Crippen molar-refractivity contribution < 1.29 is 13.9 Å². The van der Waals surface area contributed by atoms with Crippen molar-refractivity contribution in [2.45, 2.75) is 44.6 Å². The van der Waals surface area contributed by atoms with Crippen LogP contribution in [0, 0.1) is 11.7 Å². The second-order valence-corrected chi connectivity index (χ2v) is 5.44. The van der Waals surface area contributed by atoms with Gasteiger partial charge in [-0.2, -0.15) is 0 Å². The first-order valence-corrected chi connectivity index (χ1v) is 7.28. The highest BCUT2D eigenvalue weighted by molar-refractivity contribution is 5.69. The van der Waals surface area contributed by atoms with Crippen LogP contribution in [0.25, 0.3) is 0 Å². The van der Waals surface area contributed by atoms with E-state index < -0.39 is 0 Å². The molecule has 1 saturated carbocycles. The Hall–Kier alpha value is -1.42. The van der Waals surface area contributed by atoms with Crippen LogP contribution in [0.1, 0.15) is 44.1 Å². The van der Waals surface area contributed by atoms with Crippen LogP contribution >= 0.6 is 0 Å². The minimum atomic E-state index is -0.254. The van der Waals surface area contributed by atoms with Gasteiger partial charge in [-0.15, -0.1) is 0 Å². The Kier molecular flexibility index (Phi) is 5.12. The fourth-order valence-electron chi connectivity index (χ4n) is 3.22. The van der Waals surface area contributed by atoms with Crippen LogP contribution in [0.2, 0.25) is 0 Å². The molecule has 3 atom stereocenters. The fourth-order valence-corrected chi connectivity index (χ4v) is 3.22. The molecule has 0 radical (unpaired) electrons. The lowest BCUT2D eigenvalue weighted by Gasteiger charge is -2.36. The summed E-state index contributed by atoms with van der Waals surface area (Å²) in [5, 5.41) is 0. The van der Waals surface area contributed by atoms with E-state index in [9.17, 15) is 9.18 Å². The van der Waals surface area contributed by atoms with Crippen molar-refractivity contribution in [1.29, 1.82) is 0 Å². The van der Waals surface area contributed by atoms with E-state index in [-0.39, 0.29) is 29.7 Å². The van der Waals surface area contributed by atoms with Gasteiger partial charge in [0.05, 0.1) is 6.61 Å². The molecule has 20 heavy (non-hydrogen) atoms. The number of benzene rings is 1. The van der Waals surface area contributed by atoms with Gasteiger partial charge < -0.3 is 10.5 Å². The Balaban J connectivity index is 2.18. The summed E-state index contributed by atoms with van der Waals surface area (Å²) in [5.41, 5.74) is 7.12. The summed E-state index contributed by atoms with van der Waals surface area (Å²) in [6.07, 6.45) is 3.23. The molecular formula is C16H22FNO2. The van der Waals surface area contributed by atoms with Gasteiger partial charge in [0.1, 0.15) is 5.82 Å². The second kappa shape index (κ2) is 6.84. The summed E-state index contributed by atoms with van der Waals surface area (Å²) >= 11 is 0. The SMILES string of the molecule is CCOC(=O)CC1CCCC(N)C1c1cccc(F)c1. The predicted octanol–water partition coefficient (Wildman–Crippen LogP) is 2.99. The van der Waals surface area contributed by atoms with E-state index in [0.717, 1.165) is 24.8 Å². The van der Waals surface area contributed by atoms with Gasteiger partial charge in [0.25, 0.3) is 0 Å². The summed E-state index contributed by atoms with van der Waals surface area (Å²) in [7, 11) is 0. The average molecular weight is 279 g/mol. The van der Waals surface area contributed by atoms with Crippen molar-refractivity contribution in [3.63, 3.8) is 0 Å². The molecule has 1 aromatic carbocycles. The topological polar surface area (TPSA) is 52.3 Å². The molecule has 2 rings (SSSR count). The van der Waals surface area contributed by atoms with E-state index in [1.807, 2.05) is 6.07 Å². The average Bonchev–Trinajstić information content (AvgIpc) is 2.39. The maximum Gasteiger partial charge on any atom is 0.306 e. The van der Waals surface area contributed by atoms with E-state index in [4.69, 9.17) is 10.5 Å². The molecule has 0 bridgehead atoms. The van der Waals surface area contributed by atoms with Crippen LogP contribution in [0.3, 0.4) is 0 Å². The number of carbonyl (C=O) groups excluding carboxylic acids is 1. The normalized spacial score (nSPS) is 26.2. The highest BCUT2D eigenvalue weighted by Crippen LogP contribution is 2.39. The van der Waals surface area contributed by atoms with Crippen LogP contribution in [0.4, 0.5) is 4.39 Å². The molecule has 1 aliphatic carbocycles. The molecule has 0 aromatic heterocycles. The molecule has 0 spiro atoms. The van der Waals surface area contributed by atoms with Gasteiger partial charge in [-0.25, -0.2) is 4.39 Å². The third-order valence-electron chi connectivity index (χ3n) is 4.05. The third-order valence-corrected chi connectivity index (χ3v) is 4.05. The molecule has 4 heteroatoms. The number of halogens is 1. The van der Waals surface area contributed by atoms with Crippen molar-refractivity contribution in [3.05, 3.63) is 35.6 Å². The van der Waals surface area contributed by atoms with Gasteiger partial charge in [0, 0.05) is 18.4 Å². The van der Waals surface area contributed by atoms with Gasteiger partial charge in [-0.1, -0.05) is 18.6 Å². The first kappa shape index (κ1) is 15.0. The Bertz CT molecular complexity index is 464. The van der Waals surface area contributed by atoms with Gasteiger partial charge in [-0.05, 0) is 43.4 Å². The van der Waals surface area contributed by atoms with Crippen molar-refractivity contribution >= 4 is 5.97 Å². The van der Waals surface area contributed by atoms with E-state index in [0.29, 0.717) is 13.0 Å². The molecule has 0 amide bonds. The number of rotatable bonds is 4. The van der Waals surface area contributed by atoms with Crippen molar-refractivity contribution in [2.24, 2.45) is 11.7 Å². The smallest absolute Gasteiger partial charge is 0.306 e. The van der Waals surface area contributed by atoms with Crippen LogP contribution in [0.5, 0.6) is 0 Å². The highest BCUT2D eigenvalue weighted by atomic mass is 19.1. The first-order valence-electron chi connectivity index (χ1n) is 7.28. The summed E-state index contributed by atoms with van der Waals surface area (Å²) in [6.45, 7) is 2.19. The number of nitrogens with two attached hydrogens (primary N) is 1. The highest BCUT2D eigenvalue weighted by Gasteiger charge is 2.34. The molecule has 3 unspecified atom stereocenters. The number of hydrogen-bond donors (Lipinski definition) is 1. The van der Waals surface area contributed by atoms with Crippen LogP contribution in [-0.4, -0.2) is 18.6 Å². The lowest BCUT2D eigenvalue weighted by Crippen LogP contribution is -2.38. The van der Waals surface area contributed by atoms with Gasteiger partial charge in [0.2, 0.25) is 0 Å². The molecule has 2 N–H and O–H groups in total. The molecule has 1 fully saturated rings. The minimum absolute atomic E-state index is 0.0232. The van der Waals surface area contributed by atoms with E-state index in [1.165, 1.54) is 12.1 Å². The molecular weight excluding hydrogens is 257 g/mol. The molecule has 0 aliphatic heterocycles. The predicted molar refractivity (Wildman–Crippen MR) is 75.7 cm³/mol. The molecule has 1 aromatic rings. The number of esters is 1. The summed E-state index contributed by atoms with van der Waals surface area (Å²) < 4.78 is 18.5. The van der Waals surface area contributed by atoms with E-state index in [2.05, 4.69) is 0 Å². The van der Waals surface area contributed by atoms with Crippen molar-refractivity contribution in [3.8, 4) is 0 Å².